The summed E-state index contributed by atoms with van der Waals surface area (Å²) < 4.78 is 25.7. The minimum Gasteiger partial charge on any atom is -0.325 e. The predicted octanol–water partition coefficient (Wildman–Crippen LogP) is 1.26. The second kappa shape index (κ2) is 5.78. The largest absolute Gasteiger partial charge is 0.325 e. The van der Waals surface area contributed by atoms with Crippen LogP contribution in [-0.2, 0) is 0 Å². The highest BCUT2D eigenvalue weighted by molar-refractivity contribution is 7.98. The molecule has 1 atom stereocenters. The lowest BCUT2D eigenvalue weighted by atomic mass is 10.2. The van der Waals surface area contributed by atoms with Crippen molar-refractivity contribution in [2.75, 3.05) is 32.1 Å². The molecule has 2 nitrogen and oxygen atoms in total. The number of rotatable bonds is 6. The number of thioether (sulfide) groups is 1. The molecule has 0 aliphatic rings. The molecule has 0 bridgehead atoms. The molecule has 0 fully saturated rings. The van der Waals surface area contributed by atoms with Crippen molar-refractivity contribution in [2.24, 2.45) is 5.73 Å². The summed E-state index contributed by atoms with van der Waals surface area (Å²) in [7, 11) is 1.70. The maximum absolute atomic E-state index is 12.8. The Balaban J connectivity index is 3.91. The third kappa shape index (κ3) is 5.44. The third-order valence-electron chi connectivity index (χ3n) is 1.94. The van der Waals surface area contributed by atoms with Gasteiger partial charge in [-0.2, -0.15) is 11.8 Å². The van der Waals surface area contributed by atoms with Gasteiger partial charge < -0.3 is 5.73 Å². The van der Waals surface area contributed by atoms with Gasteiger partial charge in [-0.1, -0.05) is 0 Å². The van der Waals surface area contributed by atoms with Crippen LogP contribution in [0.5, 0.6) is 0 Å². The summed E-state index contributed by atoms with van der Waals surface area (Å²) in [4.78, 5) is 1.64. The molecule has 0 amide bonds. The van der Waals surface area contributed by atoms with Crippen LogP contribution in [0.15, 0.2) is 0 Å². The normalized spacial score (nSPS) is 15.0. The summed E-state index contributed by atoms with van der Waals surface area (Å²) in [5.41, 5.74) is 4.95. The number of nitrogens with two attached hydrogens (primary N) is 1. The molecular weight excluding hydrogens is 194 g/mol. The zero-order chi connectivity index (χ0) is 10.5. The highest BCUT2D eigenvalue weighted by Gasteiger charge is 2.29. The zero-order valence-corrected chi connectivity index (χ0v) is 9.20. The highest BCUT2D eigenvalue weighted by Crippen LogP contribution is 2.14. The van der Waals surface area contributed by atoms with E-state index in [1.54, 1.807) is 23.7 Å². The van der Waals surface area contributed by atoms with E-state index >= 15 is 0 Å². The molecule has 0 saturated heterocycles. The van der Waals surface area contributed by atoms with E-state index in [1.807, 2.05) is 13.2 Å². The van der Waals surface area contributed by atoms with Crippen molar-refractivity contribution in [2.45, 2.75) is 18.9 Å². The van der Waals surface area contributed by atoms with Crippen LogP contribution >= 0.6 is 11.8 Å². The predicted molar refractivity (Wildman–Crippen MR) is 54.5 cm³/mol. The lowest BCUT2D eigenvalue weighted by Gasteiger charge is -2.27. The number of hydrogen-bond acceptors (Lipinski definition) is 3. The quantitative estimate of drug-likeness (QED) is 0.719. The van der Waals surface area contributed by atoms with Crippen LogP contribution in [0.3, 0.4) is 0 Å². The maximum atomic E-state index is 12.8. The maximum Gasteiger partial charge on any atom is 0.272 e. The van der Waals surface area contributed by atoms with Gasteiger partial charge in [0.25, 0.3) is 5.92 Å². The fourth-order valence-corrected chi connectivity index (χ4v) is 1.69. The van der Waals surface area contributed by atoms with Crippen molar-refractivity contribution < 1.29 is 8.78 Å². The van der Waals surface area contributed by atoms with Crippen LogP contribution in [0, 0.1) is 0 Å². The Morgan fingerprint density at radius 2 is 2.08 bits per heavy atom. The van der Waals surface area contributed by atoms with Gasteiger partial charge in [-0.3, -0.25) is 4.90 Å². The van der Waals surface area contributed by atoms with Gasteiger partial charge >= 0.3 is 0 Å². The Kier molecular flexibility index (Phi) is 5.83. The van der Waals surface area contributed by atoms with Crippen molar-refractivity contribution in [1.29, 1.82) is 0 Å². The lowest BCUT2D eigenvalue weighted by Crippen LogP contribution is -2.44. The number of alkyl halides is 2. The van der Waals surface area contributed by atoms with E-state index in [-0.39, 0.29) is 12.6 Å². The molecule has 0 aromatic heterocycles. The summed E-state index contributed by atoms with van der Waals surface area (Å²) in [5.74, 6) is -1.90. The smallest absolute Gasteiger partial charge is 0.272 e. The SMILES string of the molecule is CSCC(C)N(C)CC(F)(F)CN. The molecule has 1 unspecified atom stereocenters. The van der Waals surface area contributed by atoms with Gasteiger partial charge in [0.2, 0.25) is 0 Å². The van der Waals surface area contributed by atoms with Gasteiger partial charge in [0, 0.05) is 11.8 Å². The van der Waals surface area contributed by atoms with Gasteiger partial charge in [0.1, 0.15) is 0 Å². The monoisotopic (exact) mass is 212 g/mol. The first kappa shape index (κ1) is 13.1. The van der Waals surface area contributed by atoms with E-state index in [0.29, 0.717) is 0 Å². The molecule has 0 rings (SSSR count). The molecule has 13 heavy (non-hydrogen) atoms. The van der Waals surface area contributed by atoms with Gasteiger partial charge in [-0.15, -0.1) is 0 Å². The molecule has 0 spiro atoms. The van der Waals surface area contributed by atoms with Crippen LogP contribution in [0.2, 0.25) is 0 Å². The van der Waals surface area contributed by atoms with Crippen LogP contribution in [0.25, 0.3) is 0 Å². The first-order chi connectivity index (χ1) is 5.93. The fourth-order valence-electron chi connectivity index (χ4n) is 0.954. The first-order valence-electron chi connectivity index (χ1n) is 4.20. The summed E-state index contributed by atoms with van der Waals surface area (Å²) >= 11 is 1.65. The van der Waals surface area contributed by atoms with Crippen molar-refractivity contribution >= 4 is 11.8 Å². The summed E-state index contributed by atoms with van der Waals surface area (Å²) in [6, 6.07) is 0.160. The number of nitrogens with zero attached hydrogens (tertiary/aromatic N) is 1. The second-order valence-corrected chi connectivity index (χ2v) is 4.19. The molecule has 0 aromatic carbocycles. The molecule has 0 heterocycles. The van der Waals surface area contributed by atoms with Gasteiger partial charge in [-0.05, 0) is 20.2 Å². The second-order valence-electron chi connectivity index (χ2n) is 3.28. The molecule has 0 aliphatic carbocycles. The molecule has 5 heteroatoms. The van der Waals surface area contributed by atoms with E-state index in [2.05, 4.69) is 0 Å². The first-order valence-corrected chi connectivity index (χ1v) is 5.59. The summed E-state index contributed by atoms with van der Waals surface area (Å²) in [6.07, 6.45) is 1.96. The number of halogens is 2. The fraction of sp³-hybridized carbons (Fsp3) is 1.00. The van der Waals surface area contributed by atoms with Crippen LogP contribution in [0.4, 0.5) is 8.78 Å². The van der Waals surface area contributed by atoms with E-state index in [1.165, 1.54) is 0 Å². The van der Waals surface area contributed by atoms with Crippen LogP contribution in [0.1, 0.15) is 6.92 Å². The molecule has 0 aromatic rings. The minimum atomic E-state index is -2.76. The van der Waals surface area contributed by atoms with Crippen molar-refractivity contribution in [1.82, 2.24) is 4.90 Å². The van der Waals surface area contributed by atoms with E-state index in [9.17, 15) is 8.78 Å². The van der Waals surface area contributed by atoms with Crippen molar-refractivity contribution in [3.63, 3.8) is 0 Å². The standard InChI is InChI=1S/C8H18F2N2S/c1-7(4-13-3)12(2)6-8(9,10)5-11/h7H,4-6,11H2,1-3H3. The minimum absolute atomic E-state index is 0.160. The zero-order valence-electron chi connectivity index (χ0n) is 8.39. The Hall–Kier alpha value is 0.130. The van der Waals surface area contributed by atoms with Gasteiger partial charge in [-0.25, -0.2) is 8.78 Å². The molecule has 80 valence electrons. The summed E-state index contributed by atoms with van der Waals surface area (Å²) in [5, 5.41) is 0. The molecule has 2 N–H and O–H groups in total. The molecule has 0 radical (unpaired) electrons. The van der Waals surface area contributed by atoms with E-state index < -0.39 is 12.5 Å². The molecule has 0 saturated carbocycles. The average Bonchev–Trinajstić information content (AvgIpc) is 2.04. The van der Waals surface area contributed by atoms with Crippen molar-refractivity contribution in [3.8, 4) is 0 Å². The van der Waals surface area contributed by atoms with Crippen molar-refractivity contribution in [3.05, 3.63) is 0 Å². The third-order valence-corrected chi connectivity index (χ3v) is 2.76. The summed E-state index contributed by atoms with van der Waals surface area (Å²) in [6.45, 7) is 1.09. The van der Waals surface area contributed by atoms with Gasteiger partial charge in [0.05, 0.1) is 13.1 Å². The Morgan fingerprint density at radius 1 is 1.54 bits per heavy atom. The Bertz CT molecular complexity index is 144. The topological polar surface area (TPSA) is 29.3 Å². The molecular formula is C8H18F2N2S. The average molecular weight is 212 g/mol. The van der Waals surface area contributed by atoms with Crippen LogP contribution < -0.4 is 5.73 Å². The Labute approximate surface area is 82.8 Å². The Morgan fingerprint density at radius 3 is 2.46 bits per heavy atom. The van der Waals surface area contributed by atoms with E-state index in [4.69, 9.17) is 5.73 Å². The lowest BCUT2D eigenvalue weighted by molar-refractivity contribution is -0.0233. The van der Waals surface area contributed by atoms with Gasteiger partial charge in [0.15, 0.2) is 0 Å². The highest BCUT2D eigenvalue weighted by atomic mass is 32.2. The molecule has 0 aliphatic heterocycles. The van der Waals surface area contributed by atoms with Crippen LogP contribution in [-0.4, -0.2) is 49.0 Å². The van der Waals surface area contributed by atoms with E-state index in [0.717, 1.165) is 5.75 Å². The number of hydrogen-bond donors (Lipinski definition) is 1.